The summed E-state index contributed by atoms with van der Waals surface area (Å²) >= 11 is 0. The number of para-hydroxylation sites is 1. The quantitative estimate of drug-likeness (QED) is 0.462. The predicted molar refractivity (Wildman–Crippen MR) is 60.8 cm³/mol. The first kappa shape index (κ1) is 11.6. The number of nitrogens with zero attached hydrogens (tertiary/aromatic N) is 1. The van der Waals surface area contributed by atoms with Crippen LogP contribution in [-0.4, -0.2) is 24.2 Å². The Kier molecular flexibility index (Phi) is 3.40. The molecule has 0 aliphatic carbocycles. The second kappa shape index (κ2) is 4.98. The van der Waals surface area contributed by atoms with Crippen LogP contribution < -0.4 is 16.0 Å². The molecular weight excluding hydrogens is 226 g/mol. The number of ether oxygens (including phenoxy) is 2. The smallest absolute Gasteiger partial charge is 0.335 e. The van der Waals surface area contributed by atoms with Gasteiger partial charge in [0.1, 0.15) is 11.8 Å². The van der Waals surface area contributed by atoms with Crippen molar-refractivity contribution in [2.45, 2.75) is 12.5 Å². The number of benzene rings is 1. The van der Waals surface area contributed by atoms with Crippen LogP contribution in [-0.2, 0) is 4.74 Å². The molecule has 0 saturated carbocycles. The van der Waals surface area contributed by atoms with Gasteiger partial charge in [-0.05, 0) is 12.1 Å². The fourth-order valence-electron chi connectivity index (χ4n) is 1.71. The minimum absolute atomic E-state index is 0.137. The van der Waals surface area contributed by atoms with E-state index in [4.69, 9.17) is 15.3 Å². The van der Waals surface area contributed by atoms with E-state index in [9.17, 15) is 10.1 Å². The van der Waals surface area contributed by atoms with E-state index in [2.05, 4.69) is 5.43 Å². The number of hydrazine groups is 1. The number of anilines is 1. The summed E-state index contributed by atoms with van der Waals surface area (Å²) < 4.78 is 10.7. The Morgan fingerprint density at radius 2 is 2.41 bits per heavy atom. The highest BCUT2D eigenvalue weighted by Crippen LogP contribution is 2.35. The van der Waals surface area contributed by atoms with Crippen molar-refractivity contribution in [2.75, 3.05) is 18.6 Å². The largest absolute Gasteiger partial charge is 0.481 e. The Morgan fingerprint density at radius 1 is 1.59 bits per heavy atom. The van der Waals surface area contributed by atoms with E-state index in [1.165, 1.54) is 6.07 Å². The molecule has 1 saturated heterocycles. The maximum atomic E-state index is 11.0. The van der Waals surface area contributed by atoms with E-state index in [0.717, 1.165) is 6.42 Å². The first-order valence-electron chi connectivity index (χ1n) is 5.21. The topological polar surface area (TPSA) is 99.7 Å². The number of nitrogens with two attached hydrogens (primary N) is 1. The van der Waals surface area contributed by atoms with Gasteiger partial charge in [-0.1, -0.05) is 6.07 Å². The van der Waals surface area contributed by atoms with Crippen molar-refractivity contribution >= 4 is 11.4 Å². The lowest BCUT2D eigenvalue weighted by molar-refractivity contribution is -0.385. The molecule has 1 heterocycles. The van der Waals surface area contributed by atoms with Gasteiger partial charge in [-0.25, -0.2) is 0 Å². The van der Waals surface area contributed by atoms with Gasteiger partial charge in [0.2, 0.25) is 0 Å². The second-order valence-corrected chi connectivity index (χ2v) is 3.66. The lowest BCUT2D eigenvalue weighted by Gasteiger charge is -2.13. The zero-order valence-electron chi connectivity index (χ0n) is 9.09. The van der Waals surface area contributed by atoms with Crippen LogP contribution in [0.25, 0.3) is 0 Å². The van der Waals surface area contributed by atoms with Crippen molar-refractivity contribution in [3.8, 4) is 5.75 Å². The summed E-state index contributed by atoms with van der Waals surface area (Å²) in [5.41, 5.74) is 2.37. The Balaban J connectivity index is 2.28. The van der Waals surface area contributed by atoms with E-state index in [-0.39, 0.29) is 23.2 Å². The molecule has 7 nitrogen and oxygen atoms in total. The van der Waals surface area contributed by atoms with Crippen molar-refractivity contribution < 1.29 is 14.4 Å². The molecule has 1 atom stereocenters. The molecule has 0 radical (unpaired) electrons. The highest BCUT2D eigenvalue weighted by Gasteiger charge is 2.25. The average Bonchev–Trinajstić information content (AvgIpc) is 2.81. The SMILES string of the molecule is NNc1cccc(OC2CCOC2)c1[N+](=O)[O-]. The Hall–Kier alpha value is -1.86. The van der Waals surface area contributed by atoms with Crippen LogP contribution in [0, 0.1) is 10.1 Å². The molecule has 0 amide bonds. The molecule has 1 aliphatic heterocycles. The molecule has 17 heavy (non-hydrogen) atoms. The van der Waals surface area contributed by atoms with Crippen LogP contribution in [0.15, 0.2) is 18.2 Å². The molecule has 92 valence electrons. The van der Waals surface area contributed by atoms with Crippen molar-refractivity contribution in [1.82, 2.24) is 0 Å². The summed E-state index contributed by atoms with van der Waals surface area (Å²) in [5, 5.41) is 11.0. The normalized spacial score (nSPS) is 19.0. The Bertz CT molecular complexity index is 418. The lowest BCUT2D eigenvalue weighted by Crippen LogP contribution is -2.17. The molecule has 2 rings (SSSR count). The molecule has 1 aromatic rings. The summed E-state index contributed by atoms with van der Waals surface area (Å²) in [6.45, 7) is 1.07. The lowest BCUT2D eigenvalue weighted by atomic mass is 10.2. The average molecular weight is 239 g/mol. The number of nitro benzene ring substituents is 1. The third-order valence-electron chi connectivity index (χ3n) is 2.52. The van der Waals surface area contributed by atoms with Crippen LogP contribution in [0.1, 0.15) is 6.42 Å². The minimum atomic E-state index is -0.514. The predicted octanol–water partition coefficient (Wildman–Crippen LogP) is 1.05. The van der Waals surface area contributed by atoms with Gasteiger partial charge >= 0.3 is 5.69 Å². The van der Waals surface area contributed by atoms with E-state index in [0.29, 0.717) is 13.2 Å². The maximum absolute atomic E-state index is 11.0. The number of nitro groups is 1. The summed E-state index contributed by atoms with van der Waals surface area (Å²) in [5.74, 6) is 5.44. The summed E-state index contributed by atoms with van der Waals surface area (Å²) in [4.78, 5) is 10.5. The van der Waals surface area contributed by atoms with Crippen molar-refractivity contribution in [2.24, 2.45) is 5.84 Å². The van der Waals surface area contributed by atoms with E-state index in [1.807, 2.05) is 0 Å². The van der Waals surface area contributed by atoms with Gasteiger partial charge < -0.3 is 14.9 Å². The van der Waals surface area contributed by atoms with E-state index >= 15 is 0 Å². The van der Waals surface area contributed by atoms with Crippen molar-refractivity contribution in [3.05, 3.63) is 28.3 Å². The van der Waals surface area contributed by atoms with Crippen LogP contribution in [0.5, 0.6) is 5.75 Å². The number of nitrogen functional groups attached to an aromatic ring is 1. The van der Waals surface area contributed by atoms with Crippen LogP contribution >= 0.6 is 0 Å². The first-order valence-corrected chi connectivity index (χ1v) is 5.21. The monoisotopic (exact) mass is 239 g/mol. The zero-order chi connectivity index (χ0) is 12.3. The molecule has 3 N–H and O–H groups in total. The number of nitrogens with one attached hydrogen (secondary N) is 1. The highest BCUT2D eigenvalue weighted by molar-refractivity contribution is 5.67. The molecule has 0 bridgehead atoms. The molecule has 1 unspecified atom stereocenters. The fourth-order valence-corrected chi connectivity index (χ4v) is 1.71. The fraction of sp³-hybridized carbons (Fsp3) is 0.400. The van der Waals surface area contributed by atoms with Crippen LogP contribution in [0.4, 0.5) is 11.4 Å². The molecule has 1 aromatic carbocycles. The second-order valence-electron chi connectivity index (χ2n) is 3.66. The Labute approximate surface area is 97.6 Å². The molecule has 0 spiro atoms. The summed E-state index contributed by atoms with van der Waals surface area (Å²) in [6.07, 6.45) is 0.596. The first-order chi connectivity index (χ1) is 8.22. The molecule has 1 aliphatic rings. The standard InChI is InChI=1S/C10H13N3O4/c11-12-8-2-1-3-9(10(8)13(14)15)17-7-4-5-16-6-7/h1-3,7,12H,4-6,11H2. The van der Waals surface area contributed by atoms with Gasteiger partial charge in [-0.15, -0.1) is 0 Å². The molecule has 7 heteroatoms. The van der Waals surface area contributed by atoms with Crippen molar-refractivity contribution in [1.29, 1.82) is 0 Å². The van der Waals surface area contributed by atoms with E-state index in [1.54, 1.807) is 12.1 Å². The molecular formula is C10H13N3O4. The van der Waals surface area contributed by atoms with Gasteiger partial charge in [-0.2, -0.15) is 0 Å². The van der Waals surface area contributed by atoms with Crippen molar-refractivity contribution in [3.63, 3.8) is 0 Å². The number of hydrogen-bond donors (Lipinski definition) is 2. The molecule has 0 aromatic heterocycles. The van der Waals surface area contributed by atoms with Gasteiger partial charge in [0.05, 0.1) is 18.1 Å². The Morgan fingerprint density at radius 3 is 3.00 bits per heavy atom. The zero-order valence-corrected chi connectivity index (χ0v) is 9.09. The minimum Gasteiger partial charge on any atom is -0.481 e. The third kappa shape index (κ3) is 2.45. The van der Waals surface area contributed by atoms with Crippen LogP contribution in [0.3, 0.4) is 0 Å². The van der Waals surface area contributed by atoms with Crippen LogP contribution in [0.2, 0.25) is 0 Å². The highest BCUT2D eigenvalue weighted by atomic mass is 16.6. The number of rotatable bonds is 4. The van der Waals surface area contributed by atoms with Gasteiger partial charge in [-0.3, -0.25) is 16.0 Å². The maximum Gasteiger partial charge on any atom is 0.335 e. The van der Waals surface area contributed by atoms with Gasteiger partial charge in [0.15, 0.2) is 5.75 Å². The number of hydrogen-bond acceptors (Lipinski definition) is 6. The third-order valence-corrected chi connectivity index (χ3v) is 2.52. The molecule has 1 fully saturated rings. The summed E-state index contributed by atoms with van der Waals surface area (Å²) in [6, 6.07) is 4.72. The van der Waals surface area contributed by atoms with E-state index < -0.39 is 4.92 Å². The summed E-state index contributed by atoms with van der Waals surface area (Å²) in [7, 11) is 0. The van der Waals surface area contributed by atoms with Gasteiger partial charge in [0, 0.05) is 6.42 Å². The van der Waals surface area contributed by atoms with Gasteiger partial charge in [0.25, 0.3) is 0 Å².